The Hall–Kier alpha value is -2.02. The normalized spacial score (nSPS) is 11.2. The first kappa shape index (κ1) is 12.4. The van der Waals surface area contributed by atoms with E-state index in [1.54, 1.807) is 31.4 Å². The predicted octanol–water partition coefficient (Wildman–Crippen LogP) is 0.951. The van der Waals surface area contributed by atoms with Crippen molar-refractivity contribution >= 4 is 9.84 Å². The van der Waals surface area contributed by atoms with Gasteiger partial charge in [0.05, 0.1) is 19.0 Å². The van der Waals surface area contributed by atoms with Gasteiger partial charge in [-0.1, -0.05) is 12.1 Å². The highest BCUT2D eigenvalue weighted by molar-refractivity contribution is 7.90. The van der Waals surface area contributed by atoms with Crippen LogP contribution in [0.1, 0.15) is 0 Å². The van der Waals surface area contributed by atoms with E-state index in [1.807, 2.05) is 0 Å². The largest absolute Gasteiger partial charge is 0.497 e. The van der Waals surface area contributed by atoms with Gasteiger partial charge in [0, 0.05) is 11.8 Å². The van der Waals surface area contributed by atoms with Crippen molar-refractivity contribution < 1.29 is 13.2 Å². The van der Waals surface area contributed by atoms with Gasteiger partial charge in [0.15, 0.2) is 0 Å². The summed E-state index contributed by atoms with van der Waals surface area (Å²) in [6.45, 7) is 0. The fourth-order valence-electron chi connectivity index (χ4n) is 1.37. The summed E-state index contributed by atoms with van der Waals surface area (Å²) in [5.41, 5.74) is 1.15. The van der Waals surface area contributed by atoms with Crippen LogP contribution >= 0.6 is 0 Å². The second-order valence-electron chi connectivity index (χ2n) is 3.63. The van der Waals surface area contributed by atoms with Crippen molar-refractivity contribution in [1.82, 2.24) is 15.2 Å². The minimum Gasteiger partial charge on any atom is -0.497 e. The summed E-state index contributed by atoms with van der Waals surface area (Å²) in [4.78, 5) is 3.97. The van der Waals surface area contributed by atoms with E-state index in [1.165, 1.54) is 6.20 Å². The summed E-state index contributed by atoms with van der Waals surface area (Å²) in [6, 6.07) is 7.11. The monoisotopic (exact) mass is 265 g/mol. The van der Waals surface area contributed by atoms with E-state index >= 15 is 0 Å². The van der Waals surface area contributed by atoms with E-state index in [2.05, 4.69) is 15.2 Å². The van der Waals surface area contributed by atoms with E-state index in [0.717, 1.165) is 6.26 Å². The highest BCUT2D eigenvalue weighted by Gasteiger charge is 2.13. The first-order chi connectivity index (χ1) is 8.50. The molecule has 0 aliphatic heterocycles. The van der Waals surface area contributed by atoms with Gasteiger partial charge in [0.1, 0.15) is 5.75 Å². The van der Waals surface area contributed by atoms with Gasteiger partial charge in [-0.05, 0) is 12.1 Å². The van der Waals surface area contributed by atoms with Crippen LogP contribution in [0.5, 0.6) is 5.75 Å². The second-order valence-corrected chi connectivity index (χ2v) is 5.54. The molecule has 0 saturated carbocycles. The van der Waals surface area contributed by atoms with E-state index in [0.29, 0.717) is 17.0 Å². The minimum absolute atomic E-state index is 0.289. The summed E-state index contributed by atoms with van der Waals surface area (Å²) in [5.74, 6) is 0.659. The quantitative estimate of drug-likeness (QED) is 0.821. The Kier molecular flexibility index (Phi) is 3.24. The van der Waals surface area contributed by atoms with Crippen LogP contribution in [-0.4, -0.2) is 37.0 Å². The van der Waals surface area contributed by atoms with Crippen molar-refractivity contribution in [2.75, 3.05) is 13.4 Å². The minimum atomic E-state index is -3.46. The maximum absolute atomic E-state index is 11.3. The van der Waals surface area contributed by atoms with Gasteiger partial charge in [-0.15, -0.1) is 5.10 Å². The molecule has 2 rings (SSSR count). The molecule has 18 heavy (non-hydrogen) atoms. The molecule has 0 saturated heterocycles. The predicted molar refractivity (Wildman–Crippen MR) is 64.9 cm³/mol. The van der Waals surface area contributed by atoms with Crippen molar-refractivity contribution in [2.45, 2.75) is 5.16 Å². The molecule has 94 valence electrons. The molecular weight excluding hydrogens is 254 g/mol. The molecule has 2 aromatic rings. The second kappa shape index (κ2) is 4.69. The third-order valence-electron chi connectivity index (χ3n) is 2.24. The molecular formula is C11H11N3O3S. The fraction of sp³-hybridized carbons (Fsp3) is 0.182. The van der Waals surface area contributed by atoms with Crippen LogP contribution in [0.4, 0.5) is 0 Å². The van der Waals surface area contributed by atoms with Gasteiger partial charge in [0.2, 0.25) is 9.84 Å². The van der Waals surface area contributed by atoms with Gasteiger partial charge >= 0.3 is 0 Å². The van der Waals surface area contributed by atoms with Crippen molar-refractivity contribution in [3.8, 4) is 17.0 Å². The number of methoxy groups -OCH3 is 1. The Morgan fingerprint density at radius 2 is 2.06 bits per heavy atom. The molecule has 0 radical (unpaired) electrons. The molecule has 0 fully saturated rings. The van der Waals surface area contributed by atoms with Crippen LogP contribution in [0.2, 0.25) is 0 Å². The molecule has 6 nitrogen and oxygen atoms in total. The van der Waals surface area contributed by atoms with E-state index < -0.39 is 9.84 Å². The first-order valence-electron chi connectivity index (χ1n) is 5.05. The van der Waals surface area contributed by atoms with Crippen LogP contribution in [0, 0.1) is 0 Å². The lowest BCUT2D eigenvalue weighted by Crippen LogP contribution is -2.06. The van der Waals surface area contributed by atoms with Crippen LogP contribution < -0.4 is 4.74 Å². The SMILES string of the molecule is COc1cccc(-c2cnnc(S(C)(=O)=O)n2)c1. The molecule has 1 aromatic carbocycles. The number of aromatic nitrogens is 3. The standard InChI is InChI=1S/C11H11N3O3S/c1-17-9-5-3-4-8(6-9)10-7-12-14-11(13-10)18(2,15)16/h3-7H,1-2H3. The Morgan fingerprint density at radius 3 is 2.72 bits per heavy atom. The molecule has 0 bridgehead atoms. The molecule has 1 aromatic heterocycles. The topological polar surface area (TPSA) is 82.0 Å². The smallest absolute Gasteiger partial charge is 0.267 e. The van der Waals surface area contributed by atoms with Crippen molar-refractivity contribution in [3.63, 3.8) is 0 Å². The third-order valence-corrected chi connectivity index (χ3v) is 3.07. The summed E-state index contributed by atoms with van der Waals surface area (Å²) in [5, 5.41) is 6.86. The van der Waals surface area contributed by atoms with E-state index in [-0.39, 0.29) is 5.16 Å². The molecule has 1 heterocycles. The zero-order valence-corrected chi connectivity index (χ0v) is 10.7. The lowest BCUT2D eigenvalue weighted by molar-refractivity contribution is 0.415. The maximum Gasteiger partial charge on any atom is 0.267 e. The van der Waals surface area contributed by atoms with Gasteiger partial charge in [-0.25, -0.2) is 13.4 Å². The molecule has 7 heteroatoms. The number of hydrogen-bond donors (Lipinski definition) is 0. The van der Waals surface area contributed by atoms with Crippen LogP contribution in [0.25, 0.3) is 11.3 Å². The molecule has 0 amide bonds. The number of hydrogen-bond acceptors (Lipinski definition) is 6. The van der Waals surface area contributed by atoms with Gasteiger partial charge < -0.3 is 4.74 Å². The lowest BCUT2D eigenvalue weighted by atomic mass is 10.1. The van der Waals surface area contributed by atoms with Crippen LogP contribution in [0.3, 0.4) is 0 Å². The first-order valence-corrected chi connectivity index (χ1v) is 6.94. The third kappa shape index (κ3) is 2.62. The number of rotatable bonds is 3. The maximum atomic E-state index is 11.3. The van der Waals surface area contributed by atoms with Gasteiger partial charge in [-0.2, -0.15) is 5.10 Å². The molecule has 0 unspecified atom stereocenters. The van der Waals surface area contributed by atoms with Crippen LogP contribution in [0.15, 0.2) is 35.6 Å². The van der Waals surface area contributed by atoms with Gasteiger partial charge in [0.25, 0.3) is 5.16 Å². The van der Waals surface area contributed by atoms with Crippen molar-refractivity contribution in [1.29, 1.82) is 0 Å². The Labute approximate surface area is 105 Å². The molecule has 0 spiro atoms. The summed E-state index contributed by atoms with van der Waals surface area (Å²) >= 11 is 0. The van der Waals surface area contributed by atoms with E-state index in [9.17, 15) is 8.42 Å². The Bertz CT molecular complexity index is 671. The number of sulfone groups is 1. The molecule has 0 aliphatic carbocycles. The molecule has 0 atom stereocenters. The highest BCUT2D eigenvalue weighted by Crippen LogP contribution is 2.21. The zero-order chi connectivity index (χ0) is 13.2. The summed E-state index contributed by atoms with van der Waals surface area (Å²) in [7, 11) is -1.91. The highest BCUT2D eigenvalue weighted by atomic mass is 32.2. The molecule has 0 aliphatic rings. The number of ether oxygens (including phenoxy) is 1. The zero-order valence-electron chi connectivity index (χ0n) is 9.86. The number of benzene rings is 1. The van der Waals surface area contributed by atoms with Crippen molar-refractivity contribution in [2.24, 2.45) is 0 Å². The fourth-order valence-corrected chi connectivity index (χ4v) is 1.83. The summed E-state index contributed by atoms with van der Waals surface area (Å²) in [6.07, 6.45) is 2.45. The summed E-state index contributed by atoms with van der Waals surface area (Å²) < 4.78 is 27.8. The van der Waals surface area contributed by atoms with Crippen molar-refractivity contribution in [3.05, 3.63) is 30.5 Å². The average Bonchev–Trinajstić information content (AvgIpc) is 2.38. The van der Waals surface area contributed by atoms with Crippen LogP contribution in [-0.2, 0) is 9.84 Å². The van der Waals surface area contributed by atoms with Gasteiger partial charge in [-0.3, -0.25) is 0 Å². The number of nitrogens with zero attached hydrogens (tertiary/aromatic N) is 3. The average molecular weight is 265 g/mol. The lowest BCUT2D eigenvalue weighted by Gasteiger charge is -2.04. The molecule has 0 N–H and O–H groups in total. The Balaban J connectivity index is 2.51. The Morgan fingerprint density at radius 1 is 1.28 bits per heavy atom. The van der Waals surface area contributed by atoms with E-state index in [4.69, 9.17) is 4.74 Å².